The Hall–Kier alpha value is -0.120. The summed E-state index contributed by atoms with van der Waals surface area (Å²) in [5.41, 5.74) is 0. The van der Waals surface area contributed by atoms with Crippen LogP contribution >= 0.6 is 0 Å². The Labute approximate surface area is 74.3 Å². The van der Waals surface area contributed by atoms with Gasteiger partial charge in [-0.25, -0.2) is 0 Å². The highest BCUT2D eigenvalue weighted by molar-refractivity contribution is 4.81. The van der Waals surface area contributed by atoms with Crippen LogP contribution in [0.2, 0.25) is 0 Å². The molecule has 3 nitrogen and oxygen atoms in total. The summed E-state index contributed by atoms with van der Waals surface area (Å²) >= 11 is 0. The summed E-state index contributed by atoms with van der Waals surface area (Å²) < 4.78 is 5.26. The minimum absolute atomic E-state index is 0.123. The quantitative estimate of drug-likeness (QED) is 0.628. The summed E-state index contributed by atoms with van der Waals surface area (Å²) in [6.07, 6.45) is 0.785. The molecular weight excluding hydrogens is 154 g/mol. The predicted octanol–water partition coefficient (Wildman–Crippen LogP) is 0.478. The van der Waals surface area contributed by atoms with Crippen molar-refractivity contribution in [1.82, 2.24) is 4.90 Å². The molecule has 3 heteroatoms. The van der Waals surface area contributed by atoms with E-state index in [1.54, 1.807) is 0 Å². The van der Waals surface area contributed by atoms with E-state index in [1.165, 1.54) is 0 Å². The molecule has 1 N–H and O–H groups in total. The molecule has 2 atom stereocenters. The first-order valence-corrected chi connectivity index (χ1v) is 4.74. The van der Waals surface area contributed by atoms with Crippen molar-refractivity contribution >= 4 is 0 Å². The third-order valence-electron chi connectivity index (χ3n) is 2.41. The number of aliphatic hydroxyl groups excluding tert-OH is 1. The van der Waals surface area contributed by atoms with Crippen molar-refractivity contribution in [3.8, 4) is 0 Å². The van der Waals surface area contributed by atoms with Crippen LogP contribution in [0, 0.1) is 0 Å². The molecule has 0 amide bonds. The van der Waals surface area contributed by atoms with Crippen LogP contribution in [0.1, 0.15) is 20.3 Å². The summed E-state index contributed by atoms with van der Waals surface area (Å²) in [6, 6.07) is 0.514. The first-order valence-electron chi connectivity index (χ1n) is 4.74. The molecule has 0 aliphatic carbocycles. The van der Waals surface area contributed by atoms with Gasteiger partial charge in [-0.1, -0.05) is 0 Å². The van der Waals surface area contributed by atoms with E-state index in [1.807, 2.05) is 6.92 Å². The lowest BCUT2D eigenvalue weighted by molar-refractivity contribution is 0.105. The number of ether oxygens (including phenoxy) is 1. The minimum atomic E-state index is -0.123. The topological polar surface area (TPSA) is 32.7 Å². The lowest BCUT2D eigenvalue weighted by Gasteiger charge is -2.19. The third-order valence-corrected chi connectivity index (χ3v) is 2.41. The molecule has 1 aliphatic heterocycles. The van der Waals surface area contributed by atoms with Gasteiger partial charge in [-0.05, 0) is 20.3 Å². The fourth-order valence-electron chi connectivity index (χ4n) is 1.71. The van der Waals surface area contributed by atoms with Crippen molar-refractivity contribution in [2.24, 2.45) is 0 Å². The van der Waals surface area contributed by atoms with Gasteiger partial charge in [0.25, 0.3) is 0 Å². The maximum atomic E-state index is 9.34. The lowest BCUT2D eigenvalue weighted by atomic mass is 10.2. The van der Waals surface area contributed by atoms with Crippen LogP contribution in [0.5, 0.6) is 0 Å². The Morgan fingerprint density at radius 2 is 2.33 bits per heavy atom. The third kappa shape index (κ3) is 2.73. The van der Waals surface area contributed by atoms with Gasteiger partial charge in [0.1, 0.15) is 0 Å². The Balaban J connectivity index is 2.15. The Kier molecular flexibility index (Phi) is 3.98. The zero-order valence-electron chi connectivity index (χ0n) is 7.99. The Bertz CT molecular complexity index is 130. The Morgan fingerprint density at radius 3 is 2.83 bits per heavy atom. The number of hydrogen-bond acceptors (Lipinski definition) is 3. The molecule has 0 spiro atoms. The van der Waals surface area contributed by atoms with E-state index < -0.39 is 0 Å². The number of likely N-dealkylation sites (tertiary alicyclic amines) is 1. The van der Waals surface area contributed by atoms with Crippen LogP contribution in [-0.4, -0.2) is 48.5 Å². The molecule has 0 aromatic rings. The molecule has 2 unspecified atom stereocenters. The van der Waals surface area contributed by atoms with E-state index in [4.69, 9.17) is 4.74 Å². The molecule has 1 rings (SSSR count). The van der Waals surface area contributed by atoms with Gasteiger partial charge in [0.15, 0.2) is 0 Å². The highest BCUT2D eigenvalue weighted by Gasteiger charge is 2.26. The summed E-state index contributed by atoms with van der Waals surface area (Å²) in [5, 5.41) is 9.34. The molecule has 1 aliphatic rings. The molecule has 1 heterocycles. The highest BCUT2D eigenvalue weighted by atomic mass is 16.5. The SMILES string of the molecule is CCOCCN1CC(O)CC1C. The zero-order chi connectivity index (χ0) is 8.97. The number of hydrogen-bond donors (Lipinski definition) is 1. The summed E-state index contributed by atoms with van der Waals surface area (Å²) in [7, 11) is 0. The summed E-state index contributed by atoms with van der Waals surface area (Å²) in [6.45, 7) is 7.49. The van der Waals surface area contributed by atoms with Crippen molar-refractivity contribution in [3.63, 3.8) is 0 Å². The number of β-amino-alcohol motifs (C(OH)–C–C–N with tert-alkyl or cyclic N) is 1. The fraction of sp³-hybridized carbons (Fsp3) is 1.00. The molecule has 0 radical (unpaired) electrons. The van der Waals surface area contributed by atoms with Crippen LogP contribution in [-0.2, 0) is 4.74 Å². The van der Waals surface area contributed by atoms with E-state index in [-0.39, 0.29) is 6.10 Å². The van der Waals surface area contributed by atoms with Gasteiger partial charge in [-0.15, -0.1) is 0 Å². The highest BCUT2D eigenvalue weighted by Crippen LogP contribution is 2.16. The molecule has 72 valence electrons. The minimum Gasteiger partial charge on any atom is -0.392 e. The largest absolute Gasteiger partial charge is 0.392 e. The standard InChI is InChI=1S/C9H19NO2/c1-3-12-5-4-10-7-9(11)6-8(10)2/h8-9,11H,3-7H2,1-2H3. The van der Waals surface area contributed by atoms with Crippen molar-refractivity contribution in [3.05, 3.63) is 0 Å². The maximum absolute atomic E-state index is 9.34. The van der Waals surface area contributed by atoms with Gasteiger partial charge >= 0.3 is 0 Å². The summed E-state index contributed by atoms with van der Waals surface area (Å²) in [4.78, 5) is 2.28. The molecule has 0 aromatic carbocycles. The van der Waals surface area contributed by atoms with Gasteiger partial charge in [0, 0.05) is 25.7 Å². The predicted molar refractivity (Wildman–Crippen MR) is 48.2 cm³/mol. The van der Waals surface area contributed by atoms with Crippen LogP contribution in [0.25, 0.3) is 0 Å². The molecule has 1 saturated heterocycles. The average Bonchev–Trinajstić information content (AvgIpc) is 2.31. The lowest BCUT2D eigenvalue weighted by Crippen LogP contribution is -2.31. The van der Waals surface area contributed by atoms with Crippen LogP contribution in [0.3, 0.4) is 0 Å². The van der Waals surface area contributed by atoms with Crippen molar-refractivity contribution in [2.75, 3.05) is 26.3 Å². The van der Waals surface area contributed by atoms with Gasteiger partial charge in [0.2, 0.25) is 0 Å². The number of nitrogens with zero attached hydrogens (tertiary/aromatic N) is 1. The van der Waals surface area contributed by atoms with E-state index >= 15 is 0 Å². The molecule has 0 aromatic heterocycles. The van der Waals surface area contributed by atoms with Crippen molar-refractivity contribution in [2.45, 2.75) is 32.4 Å². The van der Waals surface area contributed by atoms with Crippen molar-refractivity contribution < 1.29 is 9.84 Å². The second-order valence-corrected chi connectivity index (χ2v) is 3.43. The summed E-state index contributed by atoms with van der Waals surface area (Å²) in [5.74, 6) is 0. The molecule has 0 bridgehead atoms. The zero-order valence-corrected chi connectivity index (χ0v) is 7.99. The van der Waals surface area contributed by atoms with E-state index in [0.29, 0.717) is 6.04 Å². The smallest absolute Gasteiger partial charge is 0.0682 e. The molecular formula is C9H19NO2. The fourth-order valence-corrected chi connectivity index (χ4v) is 1.71. The average molecular weight is 173 g/mol. The number of aliphatic hydroxyl groups is 1. The van der Waals surface area contributed by atoms with Gasteiger partial charge in [-0.2, -0.15) is 0 Å². The van der Waals surface area contributed by atoms with E-state index in [9.17, 15) is 5.11 Å². The van der Waals surface area contributed by atoms with Gasteiger partial charge in [0.05, 0.1) is 12.7 Å². The molecule has 0 saturated carbocycles. The van der Waals surface area contributed by atoms with Crippen LogP contribution < -0.4 is 0 Å². The van der Waals surface area contributed by atoms with Gasteiger partial charge < -0.3 is 9.84 Å². The first-order chi connectivity index (χ1) is 5.74. The van der Waals surface area contributed by atoms with Crippen LogP contribution in [0.4, 0.5) is 0 Å². The number of rotatable bonds is 4. The van der Waals surface area contributed by atoms with E-state index in [2.05, 4.69) is 11.8 Å². The maximum Gasteiger partial charge on any atom is 0.0682 e. The molecule has 12 heavy (non-hydrogen) atoms. The first kappa shape index (κ1) is 9.96. The van der Waals surface area contributed by atoms with Gasteiger partial charge in [-0.3, -0.25) is 4.90 Å². The second-order valence-electron chi connectivity index (χ2n) is 3.43. The molecule has 1 fully saturated rings. The monoisotopic (exact) mass is 173 g/mol. The van der Waals surface area contributed by atoms with E-state index in [0.717, 1.165) is 32.7 Å². The van der Waals surface area contributed by atoms with Crippen molar-refractivity contribution in [1.29, 1.82) is 0 Å². The Morgan fingerprint density at radius 1 is 1.58 bits per heavy atom. The normalized spacial score (nSPS) is 31.2. The van der Waals surface area contributed by atoms with Crippen LogP contribution in [0.15, 0.2) is 0 Å². The second kappa shape index (κ2) is 4.80.